The highest BCUT2D eigenvalue weighted by molar-refractivity contribution is 5.76. The molecule has 0 aromatic rings. The molecule has 0 aromatic carbocycles. The number of unbranched alkanes of at least 4 members (excludes halogenated alkanes) is 50. The lowest BCUT2D eigenvalue weighted by molar-refractivity contribution is -0.143. The molecule has 0 rings (SSSR count). The molecule has 76 heavy (non-hydrogen) atoms. The van der Waals surface area contributed by atoms with Crippen LogP contribution in [0.5, 0.6) is 0 Å². The smallest absolute Gasteiger partial charge is 0.305 e. The van der Waals surface area contributed by atoms with Crippen molar-refractivity contribution in [2.45, 2.75) is 398 Å². The molecule has 0 aliphatic heterocycles. The summed E-state index contributed by atoms with van der Waals surface area (Å²) in [5.74, 6) is -0.0217. The molecule has 0 fully saturated rings. The van der Waals surface area contributed by atoms with Crippen molar-refractivity contribution in [1.29, 1.82) is 0 Å². The van der Waals surface area contributed by atoms with Crippen molar-refractivity contribution >= 4 is 11.9 Å². The van der Waals surface area contributed by atoms with Gasteiger partial charge in [-0.3, -0.25) is 9.59 Å². The van der Waals surface area contributed by atoms with Gasteiger partial charge in [-0.25, -0.2) is 0 Å². The third-order valence-electron chi connectivity index (χ3n) is 16.3. The molecule has 0 heterocycles. The first-order valence-corrected chi connectivity index (χ1v) is 34.6. The number of ether oxygens (including phenoxy) is 1. The van der Waals surface area contributed by atoms with Crippen LogP contribution in [0.3, 0.4) is 0 Å². The summed E-state index contributed by atoms with van der Waals surface area (Å²) in [4.78, 5) is 24.5. The Morgan fingerprint density at radius 1 is 0.368 bits per heavy atom. The second-order valence-corrected chi connectivity index (χ2v) is 23.9. The van der Waals surface area contributed by atoms with Crippen LogP contribution < -0.4 is 5.32 Å². The number of hydrogen-bond donors (Lipinski definition) is 3. The van der Waals surface area contributed by atoms with Crippen LogP contribution in [0.25, 0.3) is 0 Å². The van der Waals surface area contributed by atoms with Gasteiger partial charge in [0.05, 0.1) is 25.4 Å². The molecule has 0 aliphatic rings. The fourth-order valence-electron chi connectivity index (χ4n) is 11.0. The molecule has 0 spiro atoms. The quantitative estimate of drug-likeness (QED) is 0.0320. The molecule has 0 aliphatic carbocycles. The number of allylic oxidation sites excluding steroid dienone is 4. The summed E-state index contributed by atoms with van der Waals surface area (Å²) in [5, 5.41) is 23.3. The Hall–Kier alpha value is -1.66. The maximum absolute atomic E-state index is 12.5. The van der Waals surface area contributed by atoms with Gasteiger partial charge < -0.3 is 20.3 Å². The predicted molar refractivity (Wildman–Crippen MR) is 333 cm³/mol. The molecule has 0 saturated carbocycles. The van der Waals surface area contributed by atoms with Gasteiger partial charge >= 0.3 is 5.97 Å². The molecule has 0 bridgehead atoms. The second kappa shape index (κ2) is 65.9. The minimum Gasteiger partial charge on any atom is -0.466 e. The van der Waals surface area contributed by atoms with Gasteiger partial charge in [-0.15, -0.1) is 0 Å². The van der Waals surface area contributed by atoms with Crippen molar-refractivity contribution in [1.82, 2.24) is 5.32 Å². The molecule has 6 heteroatoms. The van der Waals surface area contributed by atoms with Crippen LogP contribution in [0.1, 0.15) is 386 Å². The molecule has 2 atom stereocenters. The second-order valence-electron chi connectivity index (χ2n) is 23.9. The summed E-state index contributed by atoms with van der Waals surface area (Å²) in [6.45, 7) is 4.95. The number of carbonyl (C=O) groups excluding carboxylic acids is 2. The van der Waals surface area contributed by atoms with Gasteiger partial charge in [0, 0.05) is 12.8 Å². The predicted octanol–water partition coefficient (Wildman–Crippen LogP) is 22.1. The number of nitrogens with one attached hydrogen (secondary N) is 1. The lowest BCUT2D eigenvalue weighted by Gasteiger charge is -2.22. The van der Waals surface area contributed by atoms with E-state index in [1.807, 2.05) is 0 Å². The van der Waals surface area contributed by atoms with Crippen LogP contribution >= 0.6 is 0 Å². The van der Waals surface area contributed by atoms with Crippen LogP contribution in [0, 0.1) is 0 Å². The fraction of sp³-hybridized carbons (Fsp3) is 0.914. The molecule has 1 amide bonds. The zero-order valence-corrected chi connectivity index (χ0v) is 51.5. The number of aliphatic hydroxyl groups is 2. The summed E-state index contributed by atoms with van der Waals surface area (Å²) in [5.41, 5.74) is 0. The highest BCUT2D eigenvalue weighted by atomic mass is 16.5. The monoisotopic (exact) mass is 1070 g/mol. The lowest BCUT2D eigenvalue weighted by Crippen LogP contribution is -2.45. The van der Waals surface area contributed by atoms with Crippen LogP contribution in [-0.2, 0) is 14.3 Å². The summed E-state index contributed by atoms with van der Waals surface area (Å²) < 4.78 is 5.49. The van der Waals surface area contributed by atoms with E-state index < -0.39 is 12.1 Å². The molecular weight excluding hydrogens is 935 g/mol. The number of carbonyl (C=O) groups is 2. The van der Waals surface area contributed by atoms with E-state index in [-0.39, 0.29) is 18.5 Å². The van der Waals surface area contributed by atoms with E-state index in [0.29, 0.717) is 25.9 Å². The summed E-state index contributed by atoms with van der Waals surface area (Å²) >= 11 is 0. The Kier molecular flexibility index (Phi) is 64.4. The largest absolute Gasteiger partial charge is 0.466 e. The van der Waals surface area contributed by atoms with Crippen molar-refractivity contribution in [3.63, 3.8) is 0 Å². The zero-order chi connectivity index (χ0) is 55.0. The third kappa shape index (κ3) is 61.6. The van der Waals surface area contributed by atoms with Crippen LogP contribution in [-0.4, -0.2) is 47.4 Å². The van der Waals surface area contributed by atoms with E-state index in [1.165, 1.54) is 302 Å². The Labute approximate surface area is 475 Å². The first kappa shape index (κ1) is 74.3. The number of amides is 1. The first-order valence-electron chi connectivity index (χ1n) is 34.6. The Balaban J connectivity index is 3.31. The molecule has 3 N–H and O–H groups in total. The first-order chi connectivity index (χ1) is 37.5. The molecule has 2 unspecified atom stereocenters. The zero-order valence-electron chi connectivity index (χ0n) is 51.5. The average molecular weight is 1070 g/mol. The lowest BCUT2D eigenvalue weighted by atomic mass is 10.0. The van der Waals surface area contributed by atoms with Gasteiger partial charge in [0.2, 0.25) is 5.91 Å². The molecule has 0 saturated heterocycles. The van der Waals surface area contributed by atoms with E-state index >= 15 is 0 Å². The van der Waals surface area contributed by atoms with Crippen molar-refractivity contribution < 1.29 is 24.5 Å². The highest BCUT2D eigenvalue weighted by Gasteiger charge is 2.20. The number of aliphatic hydroxyl groups excluding tert-OH is 2. The van der Waals surface area contributed by atoms with Crippen molar-refractivity contribution in [2.24, 2.45) is 0 Å². The molecule has 450 valence electrons. The Morgan fingerprint density at radius 2 is 0.658 bits per heavy atom. The van der Waals surface area contributed by atoms with E-state index in [1.54, 1.807) is 0 Å². The number of hydrogen-bond acceptors (Lipinski definition) is 5. The van der Waals surface area contributed by atoms with E-state index in [0.717, 1.165) is 51.4 Å². The Bertz CT molecular complexity index is 1190. The average Bonchev–Trinajstić information content (AvgIpc) is 3.42. The van der Waals surface area contributed by atoms with Crippen LogP contribution in [0.2, 0.25) is 0 Å². The standard InChI is InChI=1S/C70H135NO5/c1-3-5-7-9-11-13-15-17-18-37-40-44-48-52-56-60-64-70(75)76-65-61-57-53-49-45-41-38-35-33-31-29-27-25-23-21-19-20-22-24-26-28-30-32-34-36-39-43-47-51-55-59-63-69(74)71-67(66-72)68(73)62-58-54-50-46-42-16-14-12-10-8-6-4-2/h13,15,18,37,67-68,72-73H,3-12,14,16-17,19-36,38-66H2,1-2H3,(H,71,74)/b15-13-,37-18-. The summed E-state index contributed by atoms with van der Waals surface area (Å²) in [6.07, 6.45) is 82.3. The number of esters is 1. The maximum atomic E-state index is 12.5. The van der Waals surface area contributed by atoms with Gasteiger partial charge in [-0.2, -0.15) is 0 Å². The topological polar surface area (TPSA) is 95.9 Å². The van der Waals surface area contributed by atoms with Gasteiger partial charge in [0.15, 0.2) is 0 Å². The van der Waals surface area contributed by atoms with Crippen molar-refractivity contribution in [2.75, 3.05) is 13.2 Å². The molecule has 0 aromatic heterocycles. The number of rotatable bonds is 65. The maximum Gasteiger partial charge on any atom is 0.305 e. The van der Waals surface area contributed by atoms with Crippen LogP contribution in [0.15, 0.2) is 24.3 Å². The SMILES string of the molecule is CCCCCC/C=C\C/C=C\CCCCCCCC(=O)OCCCCCCCCCCCCCCCCCCCCCCCCCCCCCCCCCC(=O)NC(CO)C(O)CCCCCCCCCCCCCC. The minimum absolute atomic E-state index is 0.00765. The summed E-state index contributed by atoms with van der Waals surface area (Å²) in [6, 6.07) is -0.537. The van der Waals surface area contributed by atoms with E-state index in [2.05, 4.69) is 43.5 Å². The van der Waals surface area contributed by atoms with Gasteiger partial charge in [-0.05, 0) is 57.8 Å². The van der Waals surface area contributed by atoms with Gasteiger partial charge in [0.1, 0.15) is 0 Å². The van der Waals surface area contributed by atoms with Crippen molar-refractivity contribution in [3.05, 3.63) is 24.3 Å². The Morgan fingerprint density at radius 3 is 1.01 bits per heavy atom. The van der Waals surface area contributed by atoms with Gasteiger partial charge in [-0.1, -0.05) is 340 Å². The summed E-state index contributed by atoms with van der Waals surface area (Å²) in [7, 11) is 0. The highest BCUT2D eigenvalue weighted by Crippen LogP contribution is 2.19. The fourth-order valence-corrected chi connectivity index (χ4v) is 11.0. The molecule has 6 nitrogen and oxygen atoms in total. The minimum atomic E-state index is -0.660. The normalized spacial score (nSPS) is 12.6. The van der Waals surface area contributed by atoms with Crippen molar-refractivity contribution in [3.8, 4) is 0 Å². The third-order valence-corrected chi connectivity index (χ3v) is 16.3. The van der Waals surface area contributed by atoms with E-state index in [4.69, 9.17) is 4.74 Å². The molecule has 0 radical (unpaired) electrons. The van der Waals surface area contributed by atoms with E-state index in [9.17, 15) is 19.8 Å². The van der Waals surface area contributed by atoms with Gasteiger partial charge in [0.25, 0.3) is 0 Å². The molecular formula is C70H135NO5. The van der Waals surface area contributed by atoms with Crippen LogP contribution in [0.4, 0.5) is 0 Å².